The summed E-state index contributed by atoms with van der Waals surface area (Å²) in [6, 6.07) is 6.25. The molecule has 1 aromatic rings. The largest absolute Gasteiger partial charge is 0.491 e. The molecule has 0 radical (unpaired) electrons. The van der Waals surface area contributed by atoms with E-state index in [9.17, 15) is 4.39 Å². The van der Waals surface area contributed by atoms with Gasteiger partial charge in [-0.15, -0.1) is 0 Å². The van der Waals surface area contributed by atoms with E-state index in [0.717, 1.165) is 0 Å². The molecule has 70 valence electrons. The van der Waals surface area contributed by atoms with Gasteiger partial charge in [0.25, 0.3) is 0 Å². The number of hydrogen-bond donors (Lipinski definition) is 2. The highest BCUT2D eigenvalue weighted by atomic mass is 19.1. The van der Waals surface area contributed by atoms with Gasteiger partial charge in [0.15, 0.2) is 0 Å². The third kappa shape index (κ3) is 3.04. The molecule has 3 nitrogen and oxygen atoms in total. The van der Waals surface area contributed by atoms with Crippen LogP contribution in [0.25, 0.3) is 0 Å². The van der Waals surface area contributed by atoms with Crippen molar-refractivity contribution in [2.24, 2.45) is 0 Å². The first-order chi connectivity index (χ1) is 6.24. The summed E-state index contributed by atoms with van der Waals surface area (Å²) in [5, 5.41) is 17.6. The molecule has 0 aliphatic heterocycles. The minimum Gasteiger partial charge on any atom is -0.491 e. The van der Waals surface area contributed by atoms with Crippen molar-refractivity contribution in [3.8, 4) is 5.75 Å². The van der Waals surface area contributed by atoms with E-state index in [0.29, 0.717) is 11.2 Å². The molecule has 1 aromatic carbocycles. The highest BCUT2D eigenvalue weighted by Gasteiger charge is 2.10. The molecule has 0 heterocycles. The first-order valence-electron chi connectivity index (χ1n) is 3.89. The molecule has 0 fully saturated rings. The normalized spacial score (nSPS) is 9.77. The van der Waals surface area contributed by atoms with Gasteiger partial charge in [0.2, 0.25) is 0 Å². The van der Waals surface area contributed by atoms with E-state index in [1.807, 2.05) is 0 Å². The minimum absolute atomic E-state index is 0.0228. The predicted octanol–water partition coefficient (Wildman–Crippen LogP) is -0.285. The van der Waals surface area contributed by atoms with Crippen LogP contribution in [0.2, 0.25) is 0 Å². The number of hydrogen-bond acceptors (Lipinski definition) is 3. The maximum atomic E-state index is 11.7. The molecular weight excluding hydrogens is 174 g/mol. The lowest BCUT2D eigenvalue weighted by atomic mass is 9.80. The Morgan fingerprint density at radius 3 is 2.77 bits per heavy atom. The molecule has 0 aliphatic rings. The molecule has 2 N–H and O–H groups in total. The zero-order chi connectivity index (χ0) is 9.68. The highest BCUT2D eigenvalue weighted by Crippen LogP contribution is 2.06. The molecule has 0 amide bonds. The van der Waals surface area contributed by atoms with Gasteiger partial charge in [-0.1, -0.05) is 12.1 Å². The average Bonchev–Trinajstić information content (AvgIpc) is 2.15. The molecular formula is C8H10BFO3. The summed E-state index contributed by atoms with van der Waals surface area (Å²) < 4.78 is 16.7. The van der Waals surface area contributed by atoms with Crippen molar-refractivity contribution < 1.29 is 19.2 Å². The maximum absolute atomic E-state index is 11.7. The molecule has 0 bridgehead atoms. The van der Waals surface area contributed by atoms with Crippen LogP contribution in [-0.2, 0) is 0 Å². The van der Waals surface area contributed by atoms with E-state index in [1.165, 1.54) is 6.07 Å². The van der Waals surface area contributed by atoms with Crippen molar-refractivity contribution in [3.63, 3.8) is 0 Å². The summed E-state index contributed by atoms with van der Waals surface area (Å²) in [4.78, 5) is 0. The summed E-state index contributed by atoms with van der Waals surface area (Å²) in [5.74, 6) is 0.434. The Morgan fingerprint density at radius 1 is 1.38 bits per heavy atom. The topological polar surface area (TPSA) is 49.7 Å². The molecule has 5 heteroatoms. The van der Waals surface area contributed by atoms with Gasteiger partial charge in [0.1, 0.15) is 19.0 Å². The Hall–Kier alpha value is -1.07. The van der Waals surface area contributed by atoms with Gasteiger partial charge in [-0.05, 0) is 17.6 Å². The third-order valence-electron chi connectivity index (χ3n) is 1.50. The highest BCUT2D eigenvalue weighted by molar-refractivity contribution is 6.58. The zero-order valence-electron chi connectivity index (χ0n) is 6.98. The number of alkyl halides is 1. The van der Waals surface area contributed by atoms with Gasteiger partial charge in [0.05, 0.1) is 0 Å². The van der Waals surface area contributed by atoms with Crippen molar-refractivity contribution >= 4 is 12.6 Å². The van der Waals surface area contributed by atoms with E-state index < -0.39 is 13.8 Å². The van der Waals surface area contributed by atoms with Gasteiger partial charge in [0, 0.05) is 0 Å². The lowest BCUT2D eigenvalue weighted by Crippen LogP contribution is -2.29. The second-order valence-corrected chi connectivity index (χ2v) is 2.48. The van der Waals surface area contributed by atoms with Crippen molar-refractivity contribution in [2.75, 3.05) is 13.3 Å². The van der Waals surface area contributed by atoms with Crippen LogP contribution >= 0.6 is 0 Å². The van der Waals surface area contributed by atoms with Crippen LogP contribution in [0.4, 0.5) is 4.39 Å². The molecule has 13 heavy (non-hydrogen) atoms. The predicted molar refractivity (Wildman–Crippen MR) is 47.7 cm³/mol. The van der Waals surface area contributed by atoms with Gasteiger partial charge in [-0.25, -0.2) is 4.39 Å². The van der Waals surface area contributed by atoms with Gasteiger partial charge in [-0.2, -0.15) is 0 Å². The summed E-state index contributed by atoms with van der Waals surface area (Å²) in [7, 11) is -1.52. The van der Waals surface area contributed by atoms with Crippen molar-refractivity contribution in [1.82, 2.24) is 0 Å². The minimum atomic E-state index is -1.52. The van der Waals surface area contributed by atoms with Crippen LogP contribution in [0.15, 0.2) is 24.3 Å². The van der Waals surface area contributed by atoms with Crippen LogP contribution in [0, 0.1) is 0 Å². The molecule has 0 saturated carbocycles. The summed E-state index contributed by atoms with van der Waals surface area (Å²) in [6.45, 7) is -0.586. The molecule has 0 saturated heterocycles. The van der Waals surface area contributed by atoms with Crippen molar-refractivity contribution in [1.29, 1.82) is 0 Å². The van der Waals surface area contributed by atoms with E-state index in [2.05, 4.69) is 0 Å². The molecule has 0 aliphatic carbocycles. The van der Waals surface area contributed by atoms with Gasteiger partial charge in [-0.3, -0.25) is 0 Å². The second kappa shape index (κ2) is 4.84. The number of rotatable bonds is 4. The van der Waals surface area contributed by atoms with E-state index in [4.69, 9.17) is 14.8 Å². The van der Waals surface area contributed by atoms with Gasteiger partial charge < -0.3 is 14.8 Å². The molecule has 0 spiro atoms. The quantitative estimate of drug-likeness (QED) is 0.632. The summed E-state index contributed by atoms with van der Waals surface area (Å²) in [6.07, 6.45) is 0. The molecule has 0 aromatic heterocycles. The first kappa shape index (κ1) is 10.0. The maximum Gasteiger partial charge on any atom is 0.488 e. The van der Waals surface area contributed by atoms with Crippen LogP contribution in [0.1, 0.15) is 0 Å². The lowest BCUT2D eigenvalue weighted by Gasteiger charge is -2.05. The van der Waals surface area contributed by atoms with E-state index in [-0.39, 0.29) is 6.61 Å². The molecule has 0 atom stereocenters. The van der Waals surface area contributed by atoms with Gasteiger partial charge >= 0.3 is 7.12 Å². The monoisotopic (exact) mass is 184 g/mol. The van der Waals surface area contributed by atoms with E-state index in [1.54, 1.807) is 18.2 Å². The first-order valence-corrected chi connectivity index (χ1v) is 3.89. The molecule has 1 rings (SSSR count). The van der Waals surface area contributed by atoms with Crippen molar-refractivity contribution in [3.05, 3.63) is 24.3 Å². The standard InChI is InChI=1S/C8H10BFO3/c10-4-5-13-8-3-1-2-7(6-8)9(11)12/h1-3,6,11-12H,4-5H2. The number of benzene rings is 1. The van der Waals surface area contributed by atoms with E-state index >= 15 is 0 Å². The smallest absolute Gasteiger partial charge is 0.488 e. The second-order valence-electron chi connectivity index (χ2n) is 2.48. The summed E-state index contributed by atoms with van der Waals surface area (Å²) >= 11 is 0. The fourth-order valence-corrected chi connectivity index (χ4v) is 0.921. The Morgan fingerprint density at radius 2 is 2.15 bits per heavy atom. The van der Waals surface area contributed by atoms with Crippen LogP contribution in [0.5, 0.6) is 5.75 Å². The Bertz CT molecular complexity index is 267. The van der Waals surface area contributed by atoms with Crippen LogP contribution in [0.3, 0.4) is 0 Å². The SMILES string of the molecule is OB(O)c1cccc(OCCF)c1. The third-order valence-corrected chi connectivity index (χ3v) is 1.50. The fourth-order valence-electron chi connectivity index (χ4n) is 0.921. The van der Waals surface area contributed by atoms with Crippen molar-refractivity contribution in [2.45, 2.75) is 0 Å². The fraction of sp³-hybridized carbons (Fsp3) is 0.250. The number of halogens is 1. The van der Waals surface area contributed by atoms with Crippen LogP contribution in [-0.4, -0.2) is 30.4 Å². The Kier molecular flexibility index (Phi) is 3.73. The average molecular weight is 184 g/mol. The summed E-state index contributed by atoms with van der Waals surface area (Å²) in [5.41, 5.74) is 0.330. The molecule has 0 unspecified atom stereocenters. The number of ether oxygens (including phenoxy) is 1. The lowest BCUT2D eigenvalue weighted by molar-refractivity contribution is 0.273. The Labute approximate surface area is 75.9 Å². The Balaban J connectivity index is 2.68. The zero-order valence-corrected chi connectivity index (χ0v) is 6.98. The van der Waals surface area contributed by atoms with Crippen LogP contribution < -0.4 is 10.2 Å².